The first-order valence-electron chi connectivity index (χ1n) is 5.27. The molecule has 0 amide bonds. The first-order chi connectivity index (χ1) is 9.42. The van der Waals surface area contributed by atoms with Gasteiger partial charge in [-0.3, -0.25) is 0 Å². The van der Waals surface area contributed by atoms with E-state index in [1.165, 1.54) is 0 Å². The molecule has 0 saturated carbocycles. The van der Waals surface area contributed by atoms with Crippen LogP contribution in [0.4, 0.5) is 17.6 Å². The van der Waals surface area contributed by atoms with E-state index in [4.69, 9.17) is 21.1 Å². The largest absolute Gasteiger partial charge is 0.493 e. The normalized spacial score (nSPS) is 10.5. The molecule has 0 aliphatic carbocycles. The van der Waals surface area contributed by atoms with E-state index in [0.29, 0.717) is 6.07 Å². The maximum absolute atomic E-state index is 13.6. The fourth-order valence-electron chi connectivity index (χ4n) is 1.52. The Morgan fingerprint density at radius 2 is 1.40 bits per heavy atom. The second-order valence-electron chi connectivity index (χ2n) is 3.72. The van der Waals surface area contributed by atoms with E-state index in [1.54, 1.807) is 0 Å². The number of hydrogen-bond acceptors (Lipinski definition) is 2. The first kappa shape index (κ1) is 14.5. The quantitative estimate of drug-likeness (QED) is 0.765. The molecule has 0 spiro atoms. The van der Waals surface area contributed by atoms with Crippen LogP contribution in [0, 0.1) is 23.3 Å². The standard InChI is InChI=1S/C13H7ClF4O2/c1-19-11-5-7(15)4-10(18)13(11)20-12-8(16)2-6(14)3-9(12)17/h2-5H,1H3. The summed E-state index contributed by atoms with van der Waals surface area (Å²) in [5.41, 5.74) is 0. The molecule has 0 aromatic heterocycles. The number of rotatable bonds is 3. The van der Waals surface area contributed by atoms with Gasteiger partial charge in [0.1, 0.15) is 5.82 Å². The molecular weight excluding hydrogens is 300 g/mol. The molecule has 2 aromatic carbocycles. The third kappa shape index (κ3) is 2.80. The van der Waals surface area contributed by atoms with E-state index in [1.807, 2.05) is 0 Å². The SMILES string of the molecule is COc1cc(F)cc(F)c1Oc1c(F)cc(Cl)cc1F. The summed E-state index contributed by atoms with van der Waals surface area (Å²) in [6.45, 7) is 0. The highest BCUT2D eigenvalue weighted by atomic mass is 35.5. The van der Waals surface area contributed by atoms with Crippen LogP contribution in [0.1, 0.15) is 0 Å². The van der Waals surface area contributed by atoms with E-state index in [0.717, 1.165) is 25.3 Å². The predicted octanol–water partition coefficient (Wildman–Crippen LogP) is 4.70. The molecule has 0 saturated heterocycles. The minimum Gasteiger partial charge on any atom is -0.493 e. The molecule has 0 aliphatic heterocycles. The lowest BCUT2D eigenvalue weighted by Crippen LogP contribution is -1.98. The Hall–Kier alpha value is -1.95. The molecule has 0 bridgehead atoms. The molecule has 0 aliphatic rings. The Morgan fingerprint density at radius 1 is 0.850 bits per heavy atom. The van der Waals surface area contributed by atoms with Gasteiger partial charge in [-0.2, -0.15) is 0 Å². The zero-order valence-electron chi connectivity index (χ0n) is 10.0. The summed E-state index contributed by atoms with van der Waals surface area (Å²) >= 11 is 5.45. The van der Waals surface area contributed by atoms with Crippen molar-refractivity contribution in [3.8, 4) is 17.2 Å². The molecule has 0 unspecified atom stereocenters. The van der Waals surface area contributed by atoms with Crippen LogP contribution in [0.5, 0.6) is 17.2 Å². The molecule has 20 heavy (non-hydrogen) atoms. The summed E-state index contributed by atoms with van der Waals surface area (Å²) in [5.74, 6) is -6.15. The zero-order valence-corrected chi connectivity index (χ0v) is 10.8. The third-order valence-electron chi connectivity index (χ3n) is 2.36. The van der Waals surface area contributed by atoms with Crippen LogP contribution in [-0.4, -0.2) is 7.11 Å². The zero-order chi connectivity index (χ0) is 14.9. The van der Waals surface area contributed by atoms with Crippen molar-refractivity contribution in [1.82, 2.24) is 0 Å². The van der Waals surface area contributed by atoms with E-state index in [-0.39, 0.29) is 10.8 Å². The minimum absolute atomic E-state index is 0.182. The Labute approximate surface area is 116 Å². The van der Waals surface area contributed by atoms with Gasteiger partial charge in [0.05, 0.1) is 7.11 Å². The van der Waals surface area contributed by atoms with Crippen molar-refractivity contribution in [3.63, 3.8) is 0 Å². The molecule has 0 fully saturated rings. The number of ether oxygens (including phenoxy) is 2. The fraction of sp³-hybridized carbons (Fsp3) is 0.0769. The molecule has 106 valence electrons. The summed E-state index contributed by atoms with van der Waals surface area (Å²) in [6.07, 6.45) is 0. The Bertz CT molecular complexity index is 638. The number of methoxy groups -OCH3 is 1. The molecule has 0 heterocycles. The van der Waals surface area contributed by atoms with Gasteiger partial charge in [0.15, 0.2) is 29.0 Å². The van der Waals surface area contributed by atoms with Crippen molar-refractivity contribution < 1.29 is 27.0 Å². The lowest BCUT2D eigenvalue weighted by atomic mass is 10.2. The lowest BCUT2D eigenvalue weighted by molar-refractivity contribution is 0.341. The van der Waals surface area contributed by atoms with E-state index in [9.17, 15) is 17.6 Å². The van der Waals surface area contributed by atoms with Crippen molar-refractivity contribution in [1.29, 1.82) is 0 Å². The van der Waals surface area contributed by atoms with Crippen LogP contribution in [0.25, 0.3) is 0 Å². The fourth-order valence-corrected chi connectivity index (χ4v) is 1.71. The summed E-state index contributed by atoms with van der Waals surface area (Å²) in [5, 5.41) is -0.182. The van der Waals surface area contributed by atoms with Gasteiger partial charge < -0.3 is 9.47 Å². The average Bonchev–Trinajstić information content (AvgIpc) is 2.34. The highest BCUT2D eigenvalue weighted by Gasteiger charge is 2.19. The Balaban J connectivity index is 2.50. The predicted molar refractivity (Wildman–Crippen MR) is 64.4 cm³/mol. The van der Waals surface area contributed by atoms with Gasteiger partial charge in [-0.15, -0.1) is 0 Å². The Morgan fingerprint density at radius 3 is 1.95 bits per heavy atom. The second-order valence-corrected chi connectivity index (χ2v) is 4.16. The van der Waals surface area contributed by atoms with Crippen LogP contribution in [0.3, 0.4) is 0 Å². The maximum atomic E-state index is 13.6. The van der Waals surface area contributed by atoms with Gasteiger partial charge in [0.25, 0.3) is 0 Å². The summed E-state index contributed by atoms with van der Waals surface area (Å²) in [7, 11) is 1.13. The van der Waals surface area contributed by atoms with Gasteiger partial charge >= 0.3 is 0 Å². The molecule has 2 nitrogen and oxygen atoms in total. The second kappa shape index (κ2) is 5.58. The number of halogens is 5. The highest BCUT2D eigenvalue weighted by molar-refractivity contribution is 6.30. The van der Waals surface area contributed by atoms with Crippen LogP contribution in [0.15, 0.2) is 24.3 Å². The molecule has 0 atom stereocenters. The lowest BCUT2D eigenvalue weighted by Gasteiger charge is -2.12. The van der Waals surface area contributed by atoms with Crippen molar-refractivity contribution in [2.75, 3.05) is 7.11 Å². The van der Waals surface area contributed by atoms with Crippen molar-refractivity contribution >= 4 is 11.6 Å². The topological polar surface area (TPSA) is 18.5 Å². The molecule has 2 aromatic rings. The molecule has 0 N–H and O–H groups in total. The van der Waals surface area contributed by atoms with Gasteiger partial charge in [-0.1, -0.05) is 11.6 Å². The van der Waals surface area contributed by atoms with Crippen LogP contribution < -0.4 is 9.47 Å². The van der Waals surface area contributed by atoms with Crippen molar-refractivity contribution in [2.45, 2.75) is 0 Å². The summed E-state index contributed by atoms with van der Waals surface area (Å²) in [4.78, 5) is 0. The van der Waals surface area contributed by atoms with E-state index >= 15 is 0 Å². The first-order valence-corrected chi connectivity index (χ1v) is 5.65. The van der Waals surface area contributed by atoms with Gasteiger partial charge in [0.2, 0.25) is 5.75 Å². The maximum Gasteiger partial charge on any atom is 0.205 e. The highest BCUT2D eigenvalue weighted by Crippen LogP contribution is 2.37. The molecular formula is C13H7ClF4O2. The molecule has 0 radical (unpaired) electrons. The van der Waals surface area contributed by atoms with Crippen LogP contribution >= 0.6 is 11.6 Å². The minimum atomic E-state index is -1.16. The van der Waals surface area contributed by atoms with Crippen LogP contribution in [-0.2, 0) is 0 Å². The summed E-state index contributed by atoms with van der Waals surface area (Å²) in [6, 6.07) is 2.93. The molecule has 7 heteroatoms. The monoisotopic (exact) mass is 306 g/mol. The van der Waals surface area contributed by atoms with Crippen molar-refractivity contribution in [3.05, 3.63) is 52.6 Å². The molecule has 2 rings (SSSR count). The number of benzene rings is 2. The van der Waals surface area contributed by atoms with E-state index in [2.05, 4.69) is 0 Å². The van der Waals surface area contributed by atoms with E-state index < -0.39 is 34.8 Å². The third-order valence-corrected chi connectivity index (χ3v) is 2.58. The Kier molecular flexibility index (Phi) is 4.04. The average molecular weight is 307 g/mol. The van der Waals surface area contributed by atoms with Gasteiger partial charge in [0, 0.05) is 17.2 Å². The van der Waals surface area contributed by atoms with Gasteiger partial charge in [-0.25, -0.2) is 17.6 Å². The number of hydrogen-bond donors (Lipinski definition) is 0. The smallest absolute Gasteiger partial charge is 0.205 e. The van der Waals surface area contributed by atoms with Crippen molar-refractivity contribution in [2.24, 2.45) is 0 Å². The van der Waals surface area contributed by atoms with Crippen LogP contribution in [0.2, 0.25) is 5.02 Å². The summed E-state index contributed by atoms with van der Waals surface area (Å²) < 4.78 is 63.3. The van der Waals surface area contributed by atoms with Gasteiger partial charge in [-0.05, 0) is 12.1 Å².